The van der Waals surface area contributed by atoms with E-state index in [0.717, 1.165) is 13.0 Å². The average molecular weight is 398 g/mol. The molecule has 0 radical (unpaired) electrons. The Balaban J connectivity index is 1.65. The third kappa shape index (κ3) is 9.19. The normalized spacial score (nSPS) is 11.4. The molecule has 1 aromatic carbocycles. The molecule has 2 nitrogen and oxygen atoms in total. The molecule has 1 heterocycles. The number of hydrogen-bond donors (Lipinski definition) is 0. The minimum absolute atomic E-state index is 0.511. The molecule has 2 rings (SSSR count). The molecule has 1 aromatic heterocycles. The van der Waals surface area contributed by atoms with Crippen LogP contribution in [0.5, 0.6) is 0 Å². The molecule has 2 heteroatoms. The van der Waals surface area contributed by atoms with Gasteiger partial charge < -0.3 is 0 Å². The molecule has 0 spiro atoms. The first kappa shape index (κ1) is 23.7. The number of aryl methyl sites for hydroxylation is 1. The Labute approximate surface area is 180 Å². The Morgan fingerprint density at radius 2 is 1.31 bits per heavy atom. The lowest BCUT2D eigenvalue weighted by atomic mass is 10.1. The van der Waals surface area contributed by atoms with Gasteiger partial charge in [0.25, 0.3) is 5.82 Å². The fourth-order valence-electron chi connectivity index (χ4n) is 4.24. The number of aromatic nitrogens is 2. The van der Waals surface area contributed by atoms with Crippen molar-refractivity contribution in [1.82, 2.24) is 4.57 Å². The second kappa shape index (κ2) is 14.4. The van der Waals surface area contributed by atoms with Gasteiger partial charge in [-0.3, -0.25) is 0 Å². The Morgan fingerprint density at radius 1 is 0.759 bits per heavy atom. The molecular weight excluding hydrogens is 352 g/mol. The molecule has 2 aromatic rings. The van der Waals surface area contributed by atoms with Gasteiger partial charge in [0.05, 0.1) is 19.0 Å². The number of hydrogen-bond acceptors (Lipinski definition) is 0. The molecule has 0 aliphatic rings. The molecule has 29 heavy (non-hydrogen) atoms. The van der Waals surface area contributed by atoms with Gasteiger partial charge in [0, 0.05) is 0 Å². The predicted octanol–water partition coefficient (Wildman–Crippen LogP) is 7.65. The topological polar surface area (TPSA) is 8.81 Å². The molecule has 0 aliphatic carbocycles. The van der Waals surface area contributed by atoms with Gasteiger partial charge in [0.2, 0.25) is 0 Å². The molecule has 0 atom stereocenters. The maximum absolute atomic E-state index is 2.49. The highest BCUT2D eigenvalue weighted by Crippen LogP contribution is 2.14. The smallest absolute Gasteiger partial charge is 0.234 e. The lowest BCUT2D eigenvalue weighted by Crippen LogP contribution is -2.39. The molecule has 0 saturated heterocycles. The van der Waals surface area contributed by atoms with Crippen molar-refractivity contribution >= 4 is 0 Å². The van der Waals surface area contributed by atoms with E-state index in [1.165, 1.54) is 88.4 Å². The zero-order valence-corrected chi connectivity index (χ0v) is 19.4. The lowest BCUT2D eigenvalue weighted by Gasteiger charge is -2.08. The quantitative estimate of drug-likeness (QED) is 0.203. The van der Waals surface area contributed by atoms with E-state index in [1.54, 1.807) is 0 Å². The van der Waals surface area contributed by atoms with Crippen molar-refractivity contribution in [3.05, 3.63) is 54.1 Å². The van der Waals surface area contributed by atoms with Crippen molar-refractivity contribution < 1.29 is 4.57 Å². The van der Waals surface area contributed by atoms with Crippen LogP contribution in [0.2, 0.25) is 0 Å². The lowest BCUT2D eigenvalue weighted by molar-refractivity contribution is -0.722. The second-order valence-electron chi connectivity index (χ2n) is 8.96. The molecule has 0 unspecified atom stereocenters. The SMILES string of the molecule is CCCCCCCCCCCCCCn1cc[n+](C(C)C)c1Cc1ccccc1. The summed E-state index contributed by atoms with van der Waals surface area (Å²) in [6, 6.07) is 11.4. The Hall–Kier alpha value is -1.57. The fourth-order valence-corrected chi connectivity index (χ4v) is 4.24. The van der Waals surface area contributed by atoms with Gasteiger partial charge in [0.15, 0.2) is 0 Å². The van der Waals surface area contributed by atoms with E-state index < -0.39 is 0 Å². The Morgan fingerprint density at radius 3 is 1.86 bits per heavy atom. The largest absolute Gasteiger partial charge is 0.261 e. The molecular formula is C27H45N2+. The number of nitrogens with zero attached hydrogens (tertiary/aromatic N) is 2. The zero-order chi connectivity index (χ0) is 20.7. The summed E-state index contributed by atoms with van der Waals surface area (Å²) in [5.41, 5.74) is 1.40. The van der Waals surface area contributed by atoms with Crippen molar-refractivity contribution in [3.63, 3.8) is 0 Å². The summed E-state index contributed by atoms with van der Waals surface area (Å²) in [6.45, 7) is 8.01. The van der Waals surface area contributed by atoms with Gasteiger partial charge >= 0.3 is 0 Å². The van der Waals surface area contributed by atoms with Crippen LogP contribution in [0.1, 0.15) is 115 Å². The first-order valence-electron chi connectivity index (χ1n) is 12.4. The number of imidazole rings is 1. The second-order valence-corrected chi connectivity index (χ2v) is 8.96. The van der Waals surface area contributed by atoms with Crippen molar-refractivity contribution in [2.24, 2.45) is 0 Å². The minimum Gasteiger partial charge on any atom is -0.234 e. The molecule has 0 saturated carbocycles. The van der Waals surface area contributed by atoms with E-state index in [9.17, 15) is 0 Å². The van der Waals surface area contributed by atoms with Crippen LogP contribution >= 0.6 is 0 Å². The molecule has 0 bridgehead atoms. The summed E-state index contributed by atoms with van der Waals surface area (Å²) in [5.74, 6) is 1.44. The number of benzene rings is 1. The van der Waals surface area contributed by atoms with E-state index in [2.05, 4.69) is 72.6 Å². The van der Waals surface area contributed by atoms with Crippen LogP contribution in [-0.4, -0.2) is 4.57 Å². The summed E-state index contributed by atoms with van der Waals surface area (Å²) in [7, 11) is 0. The highest BCUT2D eigenvalue weighted by atomic mass is 15.2. The highest BCUT2D eigenvalue weighted by molar-refractivity contribution is 5.18. The minimum atomic E-state index is 0.511. The van der Waals surface area contributed by atoms with E-state index in [4.69, 9.17) is 0 Å². The van der Waals surface area contributed by atoms with E-state index >= 15 is 0 Å². The number of rotatable bonds is 16. The van der Waals surface area contributed by atoms with Gasteiger partial charge in [-0.05, 0) is 32.3 Å². The van der Waals surface area contributed by atoms with Gasteiger partial charge in [0.1, 0.15) is 12.4 Å². The van der Waals surface area contributed by atoms with Crippen LogP contribution in [-0.2, 0) is 13.0 Å². The maximum Gasteiger partial charge on any atom is 0.261 e. The first-order chi connectivity index (χ1) is 14.2. The molecule has 0 fully saturated rings. The molecule has 0 amide bonds. The van der Waals surface area contributed by atoms with Crippen LogP contribution in [0, 0.1) is 0 Å². The summed E-state index contributed by atoms with van der Waals surface area (Å²) in [6.07, 6.45) is 22.5. The predicted molar refractivity (Wildman–Crippen MR) is 125 cm³/mol. The third-order valence-corrected chi connectivity index (χ3v) is 6.05. The van der Waals surface area contributed by atoms with Crippen molar-refractivity contribution in [3.8, 4) is 0 Å². The average Bonchev–Trinajstić information content (AvgIpc) is 3.12. The first-order valence-corrected chi connectivity index (χ1v) is 12.4. The zero-order valence-electron chi connectivity index (χ0n) is 19.4. The molecule has 162 valence electrons. The molecule has 0 aliphatic heterocycles. The highest BCUT2D eigenvalue weighted by Gasteiger charge is 2.19. The van der Waals surface area contributed by atoms with Crippen LogP contribution in [0.15, 0.2) is 42.7 Å². The maximum atomic E-state index is 2.49. The van der Waals surface area contributed by atoms with Crippen LogP contribution in [0.25, 0.3) is 0 Å². The van der Waals surface area contributed by atoms with Crippen LogP contribution in [0.3, 0.4) is 0 Å². The van der Waals surface area contributed by atoms with Gasteiger partial charge in [-0.15, -0.1) is 0 Å². The third-order valence-electron chi connectivity index (χ3n) is 6.05. The van der Waals surface area contributed by atoms with Crippen LogP contribution in [0.4, 0.5) is 0 Å². The Kier molecular flexibility index (Phi) is 11.8. The van der Waals surface area contributed by atoms with Gasteiger partial charge in [-0.2, -0.15) is 0 Å². The van der Waals surface area contributed by atoms with E-state index in [-0.39, 0.29) is 0 Å². The molecule has 0 N–H and O–H groups in total. The summed E-state index contributed by atoms with van der Waals surface area (Å²) in [5, 5.41) is 0. The summed E-state index contributed by atoms with van der Waals surface area (Å²) < 4.78 is 4.93. The fraction of sp³-hybridized carbons (Fsp3) is 0.667. The summed E-state index contributed by atoms with van der Waals surface area (Å²) in [4.78, 5) is 0. The van der Waals surface area contributed by atoms with Crippen molar-refractivity contribution in [2.75, 3.05) is 0 Å². The monoisotopic (exact) mass is 397 g/mol. The van der Waals surface area contributed by atoms with Gasteiger partial charge in [-0.25, -0.2) is 9.13 Å². The van der Waals surface area contributed by atoms with Gasteiger partial charge in [-0.1, -0.05) is 101 Å². The van der Waals surface area contributed by atoms with E-state index in [1.807, 2.05) is 0 Å². The summed E-state index contributed by atoms with van der Waals surface area (Å²) >= 11 is 0. The van der Waals surface area contributed by atoms with Crippen LogP contribution < -0.4 is 4.57 Å². The van der Waals surface area contributed by atoms with E-state index in [0.29, 0.717) is 6.04 Å². The Bertz CT molecular complexity index is 642. The number of unbranched alkanes of at least 4 members (excludes halogenated alkanes) is 11. The van der Waals surface area contributed by atoms with Crippen molar-refractivity contribution in [2.45, 2.75) is 117 Å². The standard InChI is InChI=1S/C27H45N2/c1-4-5-6-7-8-9-10-11-12-13-14-18-21-28-22-23-29(25(2)3)27(28)24-26-19-16-15-17-20-26/h15-17,19-20,22-23,25H,4-14,18,21,24H2,1-3H3/q+1. The van der Waals surface area contributed by atoms with Crippen molar-refractivity contribution in [1.29, 1.82) is 0 Å².